The van der Waals surface area contributed by atoms with Crippen LogP contribution in [0, 0.1) is 0 Å². The van der Waals surface area contributed by atoms with Crippen molar-refractivity contribution in [2.45, 2.75) is 29.5 Å². The van der Waals surface area contributed by atoms with E-state index in [4.69, 9.17) is 5.73 Å². The summed E-state index contributed by atoms with van der Waals surface area (Å²) in [6, 6.07) is 17.5. The molecule has 35 heavy (non-hydrogen) atoms. The van der Waals surface area contributed by atoms with Crippen molar-refractivity contribution in [1.82, 2.24) is 15.0 Å². The van der Waals surface area contributed by atoms with Gasteiger partial charge in [0, 0.05) is 35.9 Å². The monoisotopic (exact) mass is 476 g/mol. The number of anilines is 1. The zero-order valence-corrected chi connectivity index (χ0v) is 19.9. The molecular formula is C29H24N4OS. The Balaban J connectivity index is 1.55. The van der Waals surface area contributed by atoms with E-state index in [1.807, 2.05) is 67.3 Å². The molecule has 0 saturated heterocycles. The van der Waals surface area contributed by atoms with Crippen LogP contribution in [-0.4, -0.2) is 20.7 Å². The molecule has 0 bridgehead atoms. The number of thioether (sulfide) groups is 1. The number of nitrogens with one attached hydrogen (secondary N) is 1. The number of H-pyrrole nitrogens is 1. The van der Waals surface area contributed by atoms with Crippen LogP contribution in [0.3, 0.4) is 0 Å². The number of benzene rings is 1. The van der Waals surface area contributed by atoms with E-state index in [9.17, 15) is 4.79 Å². The third kappa shape index (κ3) is 3.90. The number of allylic oxidation sites excluding steroid dienone is 2. The van der Waals surface area contributed by atoms with Crippen molar-refractivity contribution >= 4 is 34.9 Å². The first kappa shape index (κ1) is 21.6. The second-order valence-corrected chi connectivity index (χ2v) is 9.91. The topological polar surface area (TPSA) is 84.7 Å². The summed E-state index contributed by atoms with van der Waals surface area (Å²) in [7, 11) is 0. The van der Waals surface area contributed by atoms with Crippen LogP contribution in [0.2, 0.25) is 0 Å². The molecule has 4 heterocycles. The molecule has 4 aromatic rings. The third-order valence-electron chi connectivity index (χ3n) is 6.66. The van der Waals surface area contributed by atoms with Gasteiger partial charge in [-0.2, -0.15) is 0 Å². The van der Waals surface area contributed by atoms with Crippen molar-refractivity contribution in [3.05, 3.63) is 118 Å². The number of carbonyl (C=O) groups excluding carboxylic acids is 1. The van der Waals surface area contributed by atoms with Gasteiger partial charge in [-0.1, -0.05) is 48.2 Å². The molecule has 0 amide bonds. The van der Waals surface area contributed by atoms with Crippen molar-refractivity contribution in [2.24, 2.45) is 0 Å². The lowest BCUT2D eigenvalue weighted by Crippen LogP contribution is -2.14. The summed E-state index contributed by atoms with van der Waals surface area (Å²) >= 11 is 1.74. The summed E-state index contributed by atoms with van der Waals surface area (Å²) in [5.74, 6) is -0.0869. The zero-order chi connectivity index (χ0) is 23.8. The van der Waals surface area contributed by atoms with Gasteiger partial charge in [0.1, 0.15) is 5.69 Å². The minimum Gasteiger partial charge on any atom is -0.396 e. The van der Waals surface area contributed by atoms with Gasteiger partial charge < -0.3 is 10.7 Å². The number of pyridine rings is 2. The fourth-order valence-corrected chi connectivity index (χ4v) is 6.45. The molecule has 3 N–H and O–H groups in total. The van der Waals surface area contributed by atoms with E-state index in [2.05, 4.69) is 33.2 Å². The van der Waals surface area contributed by atoms with Crippen LogP contribution in [0.1, 0.15) is 57.3 Å². The molecular weight excluding hydrogens is 452 g/mol. The normalized spacial score (nSPS) is 18.3. The molecule has 6 heteroatoms. The molecule has 1 aliphatic carbocycles. The molecule has 0 fully saturated rings. The lowest BCUT2D eigenvalue weighted by Gasteiger charge is -2.33. The van der Waals surface area contributed by atoms with Crippen LogP contribution in [0.25, 0.3) is 11.6 Å². The molecule has 172 valence electrons. The fourth-order valence-electron chi connectivity index (χ4n) is 5.05. The number of nitrogens with two attached hydrogens (primary N) is 1. The SMILES string of the molecule is Nc1c(C(=O)c2ccccc2)[nH]c2c1C1=C(CCC/C1=C\c1ccncc1)C(c1ccncc1)S2. The third-order valence-corrected chi connectivity index (χ3v) is 7.99. The smallest absolute Gasteiger partial charge is 0.211 e. The van der Waals surface area contributed by atoms with Gasteiger partial charge in [-0.05, 0) is 71.4 Å². The quantitative estimate of drug-likeness (QED) is 0.329. The maximum Gasteiger partial charge on any atom is 0.211 e. The molecule has 1 aromatic carbocycles. The number of hydrogen-bond acceptors (Lipinski definition) is 5. The number of hydrogen-bond donors (Lipinski definition) is 2. The Morgan fingerprint density at radius 2 is 1.69 bits per heavy atom. The fraction of sp³-hybridized carbons (Fsp3) is 0.138. The second kappa shape index (κ2) is 9.04. The van der Waals surface area contributed by atoms with E-state index in [1.54, 1.807) is 11.8 Å². The van der Waals surface area contributed by atoms with Gasteiger partial charge in [-0.15, -0.1) is 0 Å². The number of rotatable bonds is 4. The summed E-state index contributed by atoms with van der Waals surface area (Å²) < 4.78 is 0. The molecule has 0 saturated carbocycles. The van der Waals surface area contributed by atoms with Gasteiger partial charge in [0.25, 0.3) is 0 Å². The molecule has 1 aliphatic heterocycles. The van der Waals surface area contributed by atoms with Crippen LogP contribution < -0.4 is 5.73 Å². The zero-order valence-electron chi connectivity index (χ0n) is 19.1. The first-order chi connectivity index (χ1) is 17.2. The number of ketones is 1. The highest BCUT2D eigenvalue weighted by Gasteiger charge is 2.36. The summed E-state index contributed by atoms with van der Waals surface area (Å²) in [6.45, 7) is 0. The molecule has 0 radical (unpaired) electrons. The first-order valence-electron chi connectivity index (χ1n) is 11.7. The summed E-state index contributed by atoms with van der Waals surface area (Å²) in [5.41, 5.74) is 15.5. The Morgan fingerprint density at radius 1 is 0.971 bits per heavy atom. The van der Waals surface area contributed by atoms with Crippen LogP contribution in [-0.2, 0) is 0 Å². The highest BCUT2D eigenvalue weighted by Crippen LogP contribution is 2.57. The Hall–Kier alpha value is -3.90. The lowest BCUT2D eigenvalue weighted by atomic mass is 9.80. The number of aromatic nitrogens is 3. The van der Waals surface area contributed by atoms with Crippen molar-refractivity contribution in [2.75, 3.05) is 5.73 Å². The van der Waals surface area contributed by atoms with Crippen molar-refractivity contribution in [1.29, 1.82) is 0 Å². The number of nitrogen functional groups attached to an aromatic ring is 1. The predicted molar refractivity (Wildman–Crippen MR) is 141 cm³/mol. The van der Waals surface area contributed by atoms with E-state index in [1.165, 1.54) is 22.3 Å². The van der Waals surface area contributed by atoms with E-state index >= 15 is 0 Å². The molecule has 1 atom stereocenters. The Labute approximate surface area is 208 Å². The maximum absolute atomic E-state index is 13.4. The number of carbonyl (C=O) groups is 1. The molecule has 2 aliphatic rings. The molecule has 1 unspecified atom stereocenters. The van der Waals surface area contributed by atoms with Crippen LogP contribution >= 0.6 is 11.8 Å². The van der Waals surface area contributed by atoms with E-state index < -0.39 is 0 Å². The highest BCUT2D eigenvalue weighted by molar-refractivity contribution is 7.99. The number of fused-ring (bicyclic) bond motifs is 2. The van der Waals surface area contributed by atoms with Gasteiger partial charge in [0.05, 0.1) is 16.0 Å². The molecule has 6 rings (SSSR count). The minimum absolute atomic E-state index is 0.0869. The van der Waals surface area contributed by atoms with Crippen molar-refractivity contribution < 1.29 is 4.79 Å². The number of aromatic amines is 1. The Morgan fingerprint density at radius 3 is 2.43 bits per heavy atom. The Kier molecular flexibility index (Phi) is 5.58. The first-order valence-corrected chi connectivity index (χ1v) is 12.6. The average Bonchev–Trinajstić information content (AvgIpc) is 3.25. The van der Waals surface area contributed by atoms with Crippen molar-refractivity contribution in [3.8, 4) is 0 Å². The summed E-state index contributed by atoms with van der Waals surface area (Å²) in [5, 5.41) is 1.09. The summed E-state index contributed by atoms with van der Waals surface area (Å²) in [6.07, 6.45) is 12.6. The van der Waals surface area contributed by atoms with Crippen LogP contribution in [0.15, 0.2) is 95.6 Å². The van der Waals surface area contributed by atoms with E-state index in [0.717, 1.165) is 35.4 Å². The molecule has 0 spiro atoms. The standard InChI is InChI=1S/C29H24N4OS/c30-25-24-23-21(17-18-9-13-31-14-10-18)7-4-8-22(23)28(20-11-15-32-16-12-20)35-29(24)33-26(25)27(34)19-5-2-1-3-6-19/h1-3,5-6,9-17,28,33H,4,7-8,30H2/b21-17+. The average molecular weight is 477 g/mol. The van der Waals surface area contributed by atoms with E-state index in [-0.39, 0.29) is 11.0 Å². The summed E-state index contributed by atoms with van der Waals surface area (Å²) in [4.78, 5) is 25.2. The van der Waals surface area contributed by atoms with Gasteiger partial charge in [0.15, 0.2) is 0 Å². The Bertz CT molecular complexity index is 1460. The predicted octanol–water partition coefficient (Wildman–Crippen LogP) is 6.49. The van der Waals surface area contributed by atoms with Gasteiger partial charge in [-0.3, -0.25) is 14.8 Å². The van der Waals surface area contributed by atoms with Gasteiger partial charge >= 0.3 is 0 Å². The van der Waals surface area contributed by atoms with E-state index in [0.29, 0.717) is 16.9 Å². The second-order valence-electron chi connectivity index (χ2n) is 8.80. The largest absolute Gasteiger partial charge is 0.396 e. The van der Waals surface area contributed by atoms with Crippen LogP contribution in [0.5, 0.6) is 0 Å². The van der Waals surface area contributed by atoms with Gasteiger partial charge in [0.2, 0.25) is 5.78 Å². The minimum atomic E-state index is -0.0869. The molecule has 5 nitrogen and oxygen atoms in total. The van der Waals surface area contributed by atoms with Crippen molar-refractivity contribution in [3.63, 3.8) is 0 Å². The van der Waals surface area contributed by atoms with Gasteiger partial charge in [-0.25, -0.2) is 0 Å². The highest BCUT2D eigenvalue weighted by atomic mass is 32.2. The molecule has 3 aromatic heterocycles. The lowest BCUT2D eigenvalue weighted by molar-refractivity contribution is 0.103. The number of nitrogens with zero attached hydrogens (tertiary/aromatic N) is 2. The van der Waals surface area contributed by atoms with Crippen LogP contribution in [0.4, 0.5) is 5.69 Å². The maximum atomic E-state index is 13.4.